The van der Waals surface area contributed by atoms with Gasteiger partial charge in [0.15, 0.2) is 12.1 Å². The topological polar surface area (TPSA) is 66.2 Å². The van der Waals surface area contributed by atoms with E-state index in [0.29, 0.717) is 12.3 Å². The molecule has 9 heteroatoms. The van der Waals surface area contributed by atoms with Crippen molar-refractivity contribution in [2.24, 2.45) is 4.99 Å². The number of carbonyl (C=O) groups excluding carboxylic acids is 1. The minimum Gasteiger partial charge on any atom is -0.493 e. The Balaban J connectivity index is 0.000000745. The van der Waals surface area contributed by atoms with E-state index in [4.69, 9.17) is 4.74 Å². The summed E-state index contributed by atoms with van der Waals surface area (Å²) in [6.07, 6.45) is 9.59. The van der Waals surface area contributed by atoms with Crippen molar-refractivity contribution in [1.29, 1.82) is 0 Å². The standard InChI is InChI=1S/C25H38N6O2S.C7H16/c1-7-10-24-27-19(4)22(18-32)31(24)28(6)25(26-5)21-17-20(11-12-23(21)33-9-3)34-30-15-13-29(8-2)14-16-30;1-3-5-7-6-4-2/h11-12,17-18H,7-10,13-16H2,1-6H3;3-7H2,1-2H3. The van der Waals surface area contributed by atoms with E-state index in [1.165, 1.54) is 32.1 Å². The second-order valence-corrected chi connectivity index (χ2v) is 11.5. The van der Waals surface area contributed by atoms with Gasteiger partial charge in [-0.1, -0.05) is 59.8 Å². The van der Waals surface area contributed by atoms with E-state index < -0.39 is 0 Å². The molecule has 41 heavy (non-hydrogen) atoms. The fourth-order valence-electron chi connectivity index (χ4n) is 4.96. The van der Waals surface area contributed by atoms with E-state index in [9.17, 15) is 4.79 Å². The molecule has 0 unspecified atom stereocenters. The minimum absolute atomic E-state index is 0.546. The first-order chi connectivity index (χ1) is 19.9. The van der Waals surface area contributed by atoms with Gasteiger partial charge in [-0.2, -0.15) is 0 Å². The molecule has 0 aliphatic carbocycles. The van der Waals surface area contributed by atoms with Crippen LogP contribution >= 0.6 is 11.9 Å². The number of aryl methyl sites for hydroxylation is 2. The summed E-state index contributed by atoms with van der Waals surface area (Å²) in [5.41, 5.74) is 2.17. The highest BCUT2D eigenvalue weighted by Crippen LogP contribution is 2.30. The van der Waals surface area contributed by atoms with Gasteiger partial charge in [0.2, 0.25) is 0 Å². The first-order valence-corrected chi connectivity index (χ1v) is 16.3. The smallest absolute Gasteiger partial charge is 0.170 e. The van der Waals surface area contributed by atoms with Crippen LogP contribution in [0.1, 0.15) is 101 Å². The van der Waals surface area contributed by atoms with E-state index in [1.54, 1.807) is 19.0 Å². The van der Waals surface area contributed by atoms with Gasteiger partial charge in [-0.15, -0.1) is 0 Å². The summed E-state index contributed by atoms with van der Waals surface area (Å²) in [7, 11) is 3.70. The van der Waals surface area contributed by atoms with Crippen LogP contribution in [0.4, 0.5) is 0 Å². The lowest BCUT2D eigenvalue weighted by Gasteiger charge is -2.33. The molecule has 0 N–H and O–H groups in total. The third-order valence-corrected chi connectivity index (χ3v) is 8.34. The molecular formula is C32H54N6O2S. The van der Waals surface area contributed by atoms with Gasteiger partial charge < -0.3 is 9.64 Å². The lowest BCUT2D eigenvalue weighted by atomic mass is 10.1. The number of nitrogens with zero attached hydrogens (tertiary/aromatic N) is 6. The van der Waals surface area contributed by atoms with Crippen LogP contribution in [-0.2, 0) is 6.42 Å². The highest BCUT2D eigenvalue weighted by atomic mass is 32.2. The van der Waals surface area contributed by atoms with Crippen LogP contribution in [0.3, 0.4) is 0 Å². The zero-order chi connectivity index (χ0) is 30.2. The number of likely N-dealkylation sites (N-methyl/N-ethyl adjacent to an activating group) is 1. The average molecular weight is 587 g/mol. The fraction of sp³-hybridized carbons (Fsp3) is 0.656. The van der Waals surface area contributed by atoms with E-state index in [-0.39, 0.29) is 0 Å². The molecule has 1 aromatic heterocycles. The molecule has 1 aliphatic heterocycles. The quantitative estimate of drug-likeness (QED) is 0.0810. The van der Waals surface area contributed by atoms with Gasteiger partial charge in [0.25, 0.3) is 0 Å². The molecule has 2 heterocycles. The summed E-state index contributed by atoms with van der Waals surface area (Å²) >= 11 is 1.78. The fourth-order valence-corrected chi connectivity index (χ4v) is 5.91. The zero-order valence-electron chi connectivity index (χ0n) is 26.9. The Hall–Kier alpha value is -2.36. The van der Waals surface area contributed by atoms with Crippen molar-refractivity contribution in [3.8, 4) is 5.75 Å². The van der Waals surface area contributed by atoms with Crippen molar-refractivity contribution in [2.75, 3.05) is 58.4 Å². The van der Waals surface area contributed by atoms with Gasteiger partial charge in [0, 0.05) is 51.6 Å². The van der Waals surface area contributed by atoms with Crippen LogP contribution in [0.25, 0.3) is 0 Å². The number of ether oxygens (including phenoxy) is 1. The predicted molar refractivity (Wildman–Crippen MR) is 175 cm³/mol. The van der Waals surface area contributed by atoms with E-state index in [1.807, 2.05) is 36.6 Å². The Morgan fingerprint density at radius 3 is 2.27 bits per heavy atom. The van der Waals surface area contributed by atoms with E-state index in [0.717, 1.165) is 85.4 Å². The highest BCUT2D eigenvalue weighted by Gasteiger charge is 2.24. The van der Waals surface area contributed by atoms with Gasteiger partial charge in [0.05, 0.1) is 17.9 Å². The number of benzene rings is 1. The molecule has 0 saturated carbocycles. The van der Waals surface area contributed by atoms with Crippen molar-refractivity contribution in [3.63, 3.8) is 0 Å². The maximum absolute atomic E-state index is 11.9. The number of carbonyl (C=O) groups is 1. The summed E-state index contributed by atoms with van der Waals surface area (Å²) in [6, 6.07) is 6.28. The lowest BCUT2D eigenvalue weighted by Crippen LogP contribution is -2.43. The summed E-state index contributed by atoms with van der Waals surface area (Å²) in [4.78, 5) is 24.9. The Labute approximate surface area is 253 Å². The normalized spacial score (nSPS) is 14.5. The van der Waals surface area contributed by atoms with Gasteiger partial charge in [-0.3, -0.25) is 14.8 Å². The van der Waals surface area contributed by atoms with Crippen molar-refractivity contribution in [1.82, 2.24) is 18.9 Å². The van der Waals surface area contributed by atoms with Gasteiger partial charge in [-0.05, 0) is 57.0 Å². The van der Waals surface area contributed by atoms with Crippen LogP contribution in [0.5, 0.6) is 5.75 Å². The third kappa shape index (κ3) is 10.1. The summed E-state index contributed by atoms with van der Waals surface area (Å²) in [5, 5.41) is 1.92. The van der Waals surface area contributed by atoms with E-state index >= 15 is 0 Å². The number of aromatic nitrogens is 2. The average Bonchev–Trinajstić information content (AvgIpc) is 3.30. The molecule has 0 bridgehead atoms. The Bertz CT molecular complexity index is 1070. The molecule has 0 amide bonds. The molecule has 3 rings (SSSR count). The largest absolute Gasteiger partial charge is 0.493 e. The number of aldehydes is 1. The first kappa shape index (κ1) is 34.8. The number of hydrogen-bond donors (Lipinski definition) is 0. The van der Waals surface area contributed by atoms with Crippen molar-refractivity contribution < 1.29 is 9.53 Å². The van der Waals surface area contributed by atoms with E-state index in [2.05, 4.69) is 59.0 Å². The molecule has 1 saturated heterocycles. The number of unbranched alkanes of at least 4 members (excludes halogenated alkanes) is 4. The maximum atomic E-state index is 11.9. The van der Waals surface area contributed by atoms with Crippen LogP contribution in [0, 0.1) is 6.92 Å². The van der Waals surface area contributed by atoms with Gasteiger partial charge in [-0.25, -0.2) is 14.0 Å². The molecule has 1 aromatic carbocycles. The predicted octanol–water partition coefficient (Wildman–Crippen LogP) is 6.62. The third-order valence-electron chi connectivity index (χ3n) is 7.26. The summed E-state index contributed by atoms with van der Waals surface area (Å²) in [6.45, 7) is 18.6. The molecule has 230 valence electrons. The zero-order valence-corrected chi connectivity index (χ0v) is 27.7. The van der Waals surface area contributed by atoms with Crippen molar-refractivity contribution in [2.45, 2.75) is 91.4 Å². The van der Waals surface area contributed by atoms with Crippen LogP contribution in [0.15, 0.2) is 28.1 Å². The number of amidine groups is 1. The van der Waals surface area contributed by atoms with Crippen molar-refractivity contribution >= 4 is 24.1 Å². The molecule has 1 fully saturated rings. The van der Waals surface area contributed by atoms with Gasteiger partial charge >= 0.3 is 0 Å². The number of imidazole rings is 1. The number of piperazine rings is 1. The minimum atomic E-state index is 0.546. The molecule has 0 spiro atoms. The maximum Gasteiger partial charge on any atom is 0.170 e. The summed E-state index contributed by atoms with van der Waals surface area (Å²) < 4.78 is 10.3. The SMILES string of the molecule is CCCCCCC.CCCc1nc(C)c(C=O)n1N(C)C(=NC)c1cc(SN2CCN(CC)CC2)ccc1OCC. The molecule has 8 nitrogen and oxygen atoms in total. The molecule has 1 aliphatic rings. The summed E-state index contributed by atoms with van der Waals surface area (Å²) in [5.74, 6) is 2.35. The Morgan fingerprint density at radius 2 is 1.73 bits per heavy atom. The second-order valence-electron chi connectivity index (χ2n) is 10.4. The van der Waals surface area contributed by atoms with Crippen LogP contribution < -0.4 is 9.75 Å². The monoisotopic (exact) mass is 586 g/mol. The lowest BCUT2D eigenvalue weighted by molar-refractivity contribution is 0.111. The molecule has 0 radical (unpaired) electrons. The molecule has 2 aromatic rings. The molecular weight excluding hydrogens is 532 g/mol. The Kier molecular flexibility index (Phi) is 16.1. The number of aliphatic imine (C=N–C) groups is 1. The van der Waals surface area contributed by atoms with Gasteiger partial charge in [0.1, 0.15) is 17.3 Å². The van der Waals surface area contributed by atoms with Crippen molar-refractivity contribution in [3.05, 3.63) is 41.0 Å². The second kappa shape index (κ2) is 18.9. The highest BCUT2D eigenvalue weighted by molar-refractivity contribution is 7.97. The molecule has 0 atom stereocenters. The van der Waals surface area contributed by atoms with Crippen LogP contribution in [-0.4, -0.2) is 84.4 Å². The number of hydrogen-bond acceptors (Lipinski definition) is 7. The van der Waals surface area contributed by atoms with Crippen LogP contribution in [0.2, 0.25) is 0 Å². The first-order valence-electron chi connectivity index (χ1n) is 15.5. The Morgan fingerprint density at radius 1 is 1.05 bits per heavy atom. The number of rotatable bonds is 14.